The van der Waals surface area contributed by atoms with E-state index in [4.69, 9.17) is 10.3 Å². The van der Waals surface area contributed by atoms with Crippen LogP contribution in [0.15, 0.2) is 22.7 Å². The molecule has 0 bridgehead atoms. The Bertz CT molecular complexity index is 515. The Morgan fingerprint density at radius 1 is 1.06 bits per heavy atom. The zero-order valence-corrected chi connectivity index (χ0v) is 9.87. The maximum atomic E-state index is 5.51. The Kier molecular flexibility index (Phi) is 2.79. The van der Waals surface area contributed by atoms with Gasteiger partial charge in [-0.25, -0.2) is 0 Å². The minimum Gasteiger partial charge on any atom is -0.356 e. The van der Waals surface area contributed by atoms with Crippen LogP contribution >= 0.6 is 0 Å². The molecule has 2 N–H and O–H groups in total. The van der Waals surface area contributed by atoms with Crippen molar-refractivity contribution in [3.05, 3.63) is 40.6 Å². The van der Waals surface area contributed by atoms with Crippen LogP contribution in [0.3, 0.4) is 0 Å². The number of rotatable bonds is 2. The average Bonchev–Trinajstić information content (AvgIpc) is 2.71. The lowest BCUT2D eigenvalue weighted by atomic mass is 9.99. The van der Waals surface area contributed by atoms with Crippen LogP contribution in [0.25, 0.3) is 11.3 Å². The van der Waals surface area contributed by atoms with Crippen molar-refractivity contribution in [3.63, 3.8) is 0 Å². The van der Waals surface area contributed by atoms with Gasteiger partial charge in [0.15, 0.2) is 5.76 Å². The molecule has 1 aromatic heterocycles. The molecule has 0 aliphatic heterocycles. The van der Waals surface area contributed by atoms with Gasteiger partial charge in [-0.05, 0) is 43.5 Å². The minimum absolute atomic E-state index is 0.410. The van der Waals surface area contributed by atoms with E-state index in [0.717, 1.165) is 17.0 Å². The van der Waals surface area contributed by atoms with E-state index in [1.807, 2.05) is 6.07 Å². The largest absolute Gasteiger partial charge is 0.356 e. The molecule has 0 unspecified atom stereocenters. The molecule has 84 valence electrons. The summed E-state index contributed by atoms with van der Waals surface area (Å²) in [5.41, 5.74) is 11.1. The van der Waals surface area contributed by atoms with E-state index in [9.17, 15) is 0 Å². The topological polar surface area (TPSA) is 52.0 Å². The summed E-state index contributed by atoms with van der Waals surface area (Å²) in [7, 11) is 0. The van der Waals surface area contributed by atoms with E-state index in [1.165, 1.54) is 16.7 Å². The molecule has 0 saturated carbocycles. The third kappa shape index (κ3) is 1.86. The Morgan fingerprint density at radius 3 is 2.38 bits per heavy atom. The lowest BCUT2D eigenvalue weighted by Gasteiger charge is -2.06. The van der Waals surface area contributed by atoms with Gasteiger partial charge in [-0.15, -0.1) is 0 Å². The number of aromatic nitrogens is 1. The summed E-state index contributed by atoms with van der Waals surface area (Å²) < 4.78 is 5.29. The fourth-order valence-corrected chi connectivity index (χ4v) is 1.76. The summed E-state index contributed by atoms with van der Waals surface area (Å²) in [6.07, 6.45) is 0. The maximum absolute atomic E-state index is 5.51. The molecule has 0 atom stereocenters. The number of hydrogen-bond donors (Lipinski definition) is 1. The highest BCUT2D eigenvalue weighted by atomic mass is 16.5. The second-order valence-corrected chi connectivity index (χ2v) is 4.14. The van der Waals surface area contributed by atoms with Crippen LogP contribution in [0.5, 0.6) is 0 Å². The van der Waals surface area contributed by atoms with Gasteiger partial charge < -0.3 is 10.3 Å². The first kappa shape index (κ1) is 10.9. The van der Waals surface area contributed by atoms with Gasteiger partial charge in [0, 0.05) is 18.2 Å². The van der Waals surface area contributed by atoms with Crippen molar-refractivity contribution in [1.82, 2.24) is 5.16 Å². The van der Waals surface area contributed by atoms with E-state index >= 15 is 0 Å². The van der Waals surface area contributed by atoms with E-state index < -0.39 is 0 Å². The van der Waals surface area contributed by atoms with E-state index in [0.29, 0.717) is 6.54 Å². The van der Waals surface area contributed by atoms with Crippen LogP contribution in [-0.4, -0.2) is 5.16 Å². The first-order chi connectivity index (χ1) is 7.61. The van der Waals surface area contributed by atoms with Crippen molar-refractivity contribution in [3.8, 4) is 11.3 Å². The highest BCUT2D eigenvalue weighted by Gasteiger charge is 2.09. The van der Waals surface area contributed by atoms with E-state index in [2.05, 4.69) is 38.1 Å². The molecule has 2 aromatic rings. The van der Waals surface area contributed by atoms with Gasteiger partial charge in [0.25, 0.3) is 0 Å². The van der Waals surface area contributed by atoms with E-state index in [1.54, 1.807) is 0 Å². The molecule has 3 nitrogen and oxygen atoms in total. The van der Waals surface area contributed by atoms with Gasteiger partial charge in [-0.1, -0.05) is 11.2 Å². The summed E-state index contributed by atoms with van der Waals surface area (Å²) in [5, 5.41) is 3.90. The summed E-state index contributed by atoms with van der Waals surface area (Å²) >= 11 is 0. The molecular formula is C13H16N2O. The fourth-order valence-electron chi connectivity index (χ4n) is 1.76. The third-order valence-electron chi connectivity index (χ3n) is 2.87. The van der Waals surface area contributed by atoms with Crippen LogP contribution in [0.1, 0.15) is 22.4 Å². The first-order valence-electron chi connectivity index (χ1n) is 5.35. The molecule has 0 fully saturated rings. The quantitative estimate of drug-likeness (QED) is 0.839. The molecule has 3 heteroatoms. The molecule has 0 aliphatic rings. The van der Waals surface area contributed by atoms with Crippen molar-refractivity contribution >= 4 is 0 Å². The third-order valence-corrected chi connectivity index (χ3v) is 2.87. The highest BCUT2D eigenvalue weighted by molar-refractivity contribution is 5.64. The van der Waals surface area contributed by atoms with Crippen molar-refractivity contribution in [2.24, 2.45) is 5.73 Å². The Balaban J connectivity index is 2.51. The molecule has 1 heterocycles. The molecule has 2 rings (SSSR count). The molecule has 0 spiro atoms. The maximum Gasteiger partial charge on any atom is 0.167 e. The standard InChI is InChI=1S/C13H16N2O/c1-8-4-10(3)12(5-9(8)2)13-6-11(7-14)15-16-13/h4-6H,7,14H2,1-3H3. The highest BCUT2D eigenvalue weighted by Crippen LogP contribution is 2.26. The molecule has 0 amide bonds. The zero-order chi connectivity index (χ0) is 11.7. The van der Waals surface area contributed by atoms with Crippen molar-refractivity contribution in [2.75, 3.05) is 0 Å². The van der Waals surface area contributed by atoms with Crippen LogP contribution in [-0.2, 0) is 6.54 Å². The summed E-state index contributed by atoms with van der Waals surface area (Å²) in [5.74, 6) is 0.793. The molecule has 0 saturated heterocycles. The van der Waals surface area contributed by atoms with Gasteiger partial charge in [0.1, 0.15) is 0 Å². The summed E-state index contributed by atoms with van der Waals surface area (Å²) in [4.78, 5) is 0. The Labute approximate surface area is 95.3 Å². The molecule has 1 aromatic carbocycles. The fraction of sp³-hybridized carbons (Fsp3) is 0.308. The summed E-state index contributed by atoms with van der Waals surface area (Å²) in [6, 6.07) is 6.19. The van der Waals surface area contributed by atoms with Crippen LogP contribution in [0.4, 0.5) is 0 Å². The van der Waals surface area contributed by atoms with Gasteiger partial charge >= 0.3 is 0 Å². The zero-order valence-electron chi connectivity index (χ0n) is 9.87. The molecule has 16 heavy (non-hydrogen) atoms. The van der Waals surface area contributed by atoms with Gasteiger partial charge in [0.05, 0.1) is 5.69 Å². The SMILES string of the molecule is Cc1cc(C)c(-c2cc(CN)no2)cc1C. The number of aryl methyl sites for hydroxylation is 3. The smallest absolute Gasteiger partial charge is 0.167 e. The predicted octanol–water partition coefficient (Wildman–Crippen LogP) is 2.73. The number of nitrogens with two attached hydrogens (primary N) is 1. The Morgan fingerprint density at radius 2 is 1.75 bits per heavy atom. The van der Waals surface area contributed by atoms with Crippen LogP contribution in [0.2, 0.25) is 0 Å². The van der Waals surface area contributed by atoms with Gasteiger partial charge in [-0.2, -0.15) is 0 Å². The normalized spacial score (nSPS) is 10.8. The molecule has 0 aliphatic carbocycles. The second-order valence-electron chi connectivity index (χ2n) is 4.14. The summed E-state index contributed by atoms with van der Waals surface area (Å²) in [6.45, 7) is 6.69. The van der Waals surface area contributed by atoms with E-state index in [-0.39, 0.29) is 0 Å². The van der Waals surface area contributed by atoms with Crippen LogP contribution in [0, 0.1) is 20.8 Å². The monoisotopic (exact) mass is 216 g/mol. The van der Waals surface area contributed by atoms with Crippen molar-refractivity contribution < 1.29 is 4.52 Å². The molecule has 0 radical (unpaired) electrons. The number of hydrogen-bond acceptors (Lipinski definition) is 3. The van der Waals surface area contributed by atoms with Crippen molar-refractivity contribution in [2.45, 2.75) is 27.3 Å². The van der Waals surface area contributed by atoms with Gasteiger partial charge in [-0.3, -0.25) is 0 Å². The van der Waals surface area contributed by atoms with Crippen molar-refractivity contribution in [1.29, 1.82) is 0 Å². The Hall–Kier alpha value is -1.61. The van der Waals surface area contributed by atoms with Gasteiger partial charge in [0.2, 0.25) is 0 Å². The average molecular weight is 216 g/mol. The lowest BCUT2D eigenvalue weighted by molar-refractivity contribution is 0.423. The molecular weight excluding hydrogens is 200 g/mol. The minimum atomic E-state index is 0.410. The number of nitrogens with zero attached hydrogens (tertiary/aromatic N) is 1. The number of benzene rings is 1. The lowest BCUT2D eigenvalue weighted by Crippen LogP contribution is -1.94. The second kappa shape index (κ2) is 4.10. The van der Waals surface area contributed by atoms with Crippen LogP contribution < -0.4 is 5.73 Å². The first-order valence-corrected chi connectivity index (χ1v) is 5.35. The predicted molar refractivity (Wildman–Crippen MR) is 64.0 cm³/mol.